The summed E-state index contributed by atoms with van der Waals surface area (Å²) in [6.45, 7) is 0. The first-order valence-electron chi connectivity index (χ1n) is 6.89. The van der Waals surface area contributed by atoms with Gasteiger partial charge in [-0.1, -0.05) is 18.2 Å². The first kappa shape index (κ1) is 13.7. The van der Waals surface area contributed by atoms with Gasteiger partial charge in [-0.05, 0) is 39.5 Å². The van der Waals surface area contributed by atoms with Gasteiger partial charge in [0.1, 0.15) is 12.1 Å². The molecule has 0 unspecified atom stereocenters. The van der Waals surface area contributed by atoms with Crippen molar-refractivity contribution in [1.29, 1.82) is 0 Å². The molecular formula is C16H12BrN3OS. The summed E-state index contributed by atoms with van der Waals surface area (Å²) < 4.78 is 2.89. The fraction of sp³-hybridized carbons (Fsp3) is 0.125. The summed E-state index contributed by atoms with van der Waals surface area (Å²) in [5.41, 5.74) is 1.89. The van der Waals surface area contributed by atoms with E-state index in [-0.39, 0.29) is 11.8 Å². The molecule has 1 atom stereocenters. The molecule has 0 radical (unpaired) electrons. The molecule has 2 aromatic heterocycles. The van der Waals surface area contributed by atoms with Crippen LogP contribution in [-0.2, 0) is 4.79 Å². The largest absolute Gasteiger partial charge is 0.310 e. The minimum absolute atomic E-state index is 0.0275. The van der Waals surface area contributed by atoms with Crippen LogP contribution >= 0.6 is 27.3 Å². The maximum absolute atomic E-state index is 12.1. The van der Waals surface area contributed by atoms with Crippen molar-refractivity contribution in [1.82, 2.24) is 9.55 Å². The highest BCUT2D eigenvalue weighted by Gasteiger charge is 2.31. The summed E-state index contributed by atoms with van der Waals surface area (Å²) in [7, 11) is 0. The zero-order chi connectivity index (χ0) is 15.1. The van der Waals surface area contributed by atoms with Gasteiger partial charge in [0.05, 0.1) is 11.4 Å². The summed E-state index contributed by atoms with van der Waals surface area (Å²) >= 11 is 5.22. The highest BCUT2D eigenvalue weighted by atomic mass is 79.9. The van der Waals surface area contributed by atoms with E-state index in [1.807, 2.05) is 40.3 Å². The minimum atomic E-state index is 0.0275. The molecule has 6 heteroatoms. The molecule has 0 fully saturated rings. The quantitative estimate of drug-likeness (QED) is 0.732. The summed E-state index contributed by atoms with van der Waals surface area (Å²) in [4.78, 5) is 17.9. The Bertz CT molecular complexity index is 841. The molecule has 0 spiro atoms. The van der Waals surface area contributed by atoms with Crippen LogP contribution in [0.3, 0.4) is 0 Å². The van der Waals surface area contributed by atoms with Crippen molar-refractivity contribution in [3.8, 4) is 5.69 Å². The van der Waals surface area contributed by atoms with Crippen LogP contribution in [0.2, 0.25) is 0 Å². The SMILES string of the molecule is O=C1C[C@H](c2cccs2)c2ncn(-c3ccccc3Br)c2N1. The van der Waals surface area contributed by atoms with Crippen LogP contribution in [0.4, 0.5) is 5.82 Å². The van der Waals surface area contributed by atoms with Gasteiger partial charge in [0.2, 0.25) is 5.91 Å². The number of carbonyl (C=O) groups is 1. The molecule has 3 aromatic rings. The van der Waals surface area contributed by atoms with E-state index in [0.717, 1.165) is 21.7 Å². The lowest BCUT2D eigenvalue weighted by Gasteiger charge is -2.22. The van der Waals surface area contributed by atoms with Crippen molar-refractivity contribution in [3.05, 3.63) is 63.1 Å². The number of imidazole rings is 1. The molecule has 1 aliphatic rings. The van der Waals surface area contributed by atoms with Gasteiger partial charge >= 0.3 is 0 Å². The van der Waals surface area contributed by atoms with Gasteiger partial charge in [0.25, 0.3) is 0 Å². The zero-order valence-corrected chi connectivity index (χ0v) is 13.9. The summed E-state index contributed by atoms with van der Waals surface area (Å²) in [5, 5.41) is 5.01. The van der Waals surface area contributed by atoms with E-state index in [1.165, 1.54) is 4.88 Å². The number of fused-ring (bicyclic) bond motifs is 1. The number of rotatable bonds is 2. The van der Waals surface area contributed by atoms with Gasteiger partial charge in [0.15, 0.2) is 0 Å². The number of benzene rings is 1. The van der Waals surface area contributed by atoms with Gasteiger partial charge in [0, 0.05) is 21.7 Å². The number of hydrogen-bond acceptors (Lipinski definition) is 3. The number of anilines is 1. The Kier molecular flexibility index (Phi) is 3.35. The van der Waals surface area contributed by atoms with Crippen molar-refractivity contribution in [2.24, 2.45) is 0 Å². The molecule has 1 aromatic carbocycles. The second-order valence-corrected chi connectivity index (χ2v) is 6.95. The third-order valence-corrected chi connectivity index (χ3v) is 5.43. The number of nitrogens with one attached hydrogen (secondary N) is 1. The van der Waals surface area contributed by atoms with Crippen molar-refractivity contribution in [2.75, 3.05) is 5.32 Å². The lowest BCUT2D eigenvalue weighted by atomic mass is 9.96. The highest BCUT2D eigenvalue weighted by molar-refractivity contribution is 9.10. The molecule has 22 heavy (non-hydrogen) atoms. The third kappa shape index (κ3) is 2.19. The molecule has 0 saturated carbocycles. The van der Waals surface area contributed by atoms with Gasteiger partial charge in [-0.25, -0.2) is 4.98 Å². The maximum Gasteiger partial charge on any atom is 0.226 e. The Morgan fingerprint density at radius 1 is 1.27 bits per heavy atom. The maximum atomic E-state index is 12.1. The van der Waals surface area contributed by atoms with Crippen LogP contribution in [0.15, 0.2) is 52.6 Å². The average molecular weight is 374 g/mol. The van der Waals surface area contributed by atoms with Crippen LogP contribution in [0.25, 0.3) is 5.69 Å². The Morgan fingerprint density at radius 3 is 2.91 bits per heavy atom. The van der Waals surface area contributed by atoms with E-state index >= 15 is 0 Å². The number of amides is 1. The molecule has 1 amide bonds. The van der Waals surface area contributed by atoms with Gasteiger partial charge in [-0.2, -0.15) is 0 Å². The van der Waals surface area contributed by atoms with Crippen LogP contribution in [0.5, 0.6) is 0 Å². The molecular weight excluding hydrogens is 362 g/mol. The standard InChI is InChI=1S/C16H12BrN3OS/c17-11-4-1-2-5-12(11)20-9-18-15-10(13-6-3-7-22-13)8-14(21)19-16(15)20/h1-7,9-10H,8H2,(H,19,21)/t10-/m1/s1. The summed E-state index contributed by atoms with van der Waals surface area (Å²) in [6, 6.07) is 12.0. The number of hydrogen-bond donors (Lipinski definition) is 1. The van der Waals surface area contributed by atoms with Gasteiger partial charge in [-0.3, -0.25) is 9.36 Å². The number of aromatic nitrogens is 2. The minimum Gasteiger partial charge on any atom is -0.310 e. The lowest BCUT2D eigenvalue weighted by Crippen LogP contribution is -2.24. The molecule has 0 saturated heterocycles. The number of thiophene rings is 1. The number of nitrogens with zero attached hydrogens (tertiary/aromatic N) is 2. The predicted molar refractivity (Wildman–Crippen MR) is 90.7 cm³/mol. The Hall–Kier alpha value is -1.92. The van der Waals surface area contributed by atoms with Crippen LogP contribution in [-0.4, -0.2) is 15.5 Å². The molecule has 4 nitrogen and oxygen atoms in total. The first-order valence-corrected chi connectivity index (χ1v) is 8.56. The highest BCUT2D eigenvalue weighted by Crippen LogP contribution is 2.39. The second-order valence-electron chi connectivity index (χ2n) is 5.12. The van der Waals surface area contributed by atoms with E-state index in [2.05, 4.69) is 32.3 Å². The monoisotopic (exact) mass is 373 g/mol. The van der Waals surface area contributed by atoms with Crippen LogP contribution in [0.1, 0.15) is 22.9 Å². The Morgan fingerprint density at radius 2 is 2.14 bits per heavy atom. The van der Waals surface area contributed by atoms with E-state index in [9.17, 15) is 4.79 Å². The fourth-order valence-corrected chi connectivity index (χ4v) is 4.07. The number of para-hydroxylation sites is 1. The van der Waals surface area contributed by atoms with Crippen molar-refractivity contribution >= 4 is 39.0 Å². The summed E-state index contributed by atoms with van der Waals surface area (Å²) in [5.74, 6) is 0.828. The smallest absolute Gasteiger partial charge is 0.226 e. The van der Waals surface area contributed by atoms with Crippen LogP contribution in [0, 0.1) is 0 Å². The predicted octanol–water partition coefficient (Wildman–Crippen LogP) is 4.17. The van der Waals surface area contributed by atoms with Gasteiger partial charge in [-0.15, -0.1) is 11.3 Å². The molecule has 1 N–H and O–H groups in total. The van der Waals surface area contributed by atoms with Crippen molar-refractivity contribution < 1.29 is 4.79 Å². The zero-order valence-electron chi connectivity index (χ0n) is 11.5. The summed E-state index contributed by atoms with van der Waals surface area (Å²) in [6.07, 6.45) is 2.22. The Balaban J connectivity index is 1.86. The first-order chi connectivity index (χ1) is 10.7. The van der Waals surface area contributed by atoms with E-state index in [1.54, 1.807) is 17.7 Å². The van der Waals surface area contributed by atoms with Crippen molar-refractivity contribution in [3.63, 3.8) is 0 Å². The molecule has 110 valence electrons. The molecule has 3 heterocycles. The average Bonchev–Trinajstić information content (AvgIpc) is 3.16. The molecule has 1 aliphatic heterocycles. The topological polar surface area (TPSA) is 46.9 Å². The van der Waals surface area contributed by atoms with E-state index in [0.29, 0.717) is 6.42 Å². The second kappa shape index (κ2) is 5.37. The molecule has 0 aliphatic carbocycles. The Labute approximate surface area is 139 Å². The third-order valence-electron chi connectivity index (χ3n) is 3.77. The van der Waals surface area contributed by atoms with E-state index in [4.69, 9.17) is 0 Å². The van der Waals surface area contributed by atoms with Crippen molar-refractivity contribution in [2.45, 2.75) is 12.3 Å². The van der Waals surface area contributed by atoms with E-state index < -0.39 is 0 Å². The fourth-order valence-electron chi connectivity index (χ4n) is 2.76. The normalized spacial score (nSPS) is 17.1. The number of carbonyl (C=O) groups excluding carboxylic acids is 1. The van der Waals surface area contributed by atoms with Gasteiger partial charge < -0.3 is 5.32 Å². The molecule has 0 bridgehead atoms. The number of halogens is 1. The lowest BCUT2D eigenvalue weighted by molar-refractivity contribution is -0.116. The van der Waals surface area contributed by atoms with Crippen LogP contribution < -0.4 is 5.32 Å². The molecule has 4 rings (SSSR count).